The lowest BCUT2D eigenvalue weighted by Crippen LogP contribution is -2.39. The molecule has 0 aliphatic heterocycles. The van der Waals surface area contributed by atoms with E-state index < -0.39 is 10.0 Å². The average Bonchev–Trinajstić information content (AvgIpc) is 2.35. The van der Waals surface area contributed by atoms with E-state index in [1.165, 1.54) is 16.4 Å². The molecule has 0 spiro atoms. The van der Waals surface area contributed by atoms with Crippen LogP contribution in [0.1, 0.15) is 33.3 Å². The zero-order chi connectivity index (χ0) is 16.4. The molecule has 120 valence electrons. The minimum Gasteiger partial charge on any atom is -0.392 e. The molecule has 0 aliphatic rings. The predicted octanol–water partition coefficient (Wildman–Crippen LogP) is 3.54. The Kier molecular flexibility index (Phi) is 6.50. The number of halogens is 2. The molecule has 1 rings (SSSR count). The zero-order valence-electron chi connectivity index (χ0n) is 12.6. The molecule has 0 fully saturated rings. The number of aliphatic hydroxyl groups is 1. The Labute approximate surface area is 136 Å². The maximum Gasteiger partial charge on any atom is 0.244 e. The Bertz CT molecular complexity index is 600. The monoisotopic (exact) mass is 353 g/mol. The summed E-state index contributed by atoms with van der Waals surface area (Å²) in [6.07, 6.45) is 0. The molecular weight excluding hydrogens is 333 g/mol. The molecule has 1 N–H and O–H groups in total. The summed E-state index contributed by atoms with van der Waals surface area (Å²) in [4.78, 5) is -0.0213. The van der Waals surface area contributed by atoms with Crippen molar-refractivity contribution in [2.24, 2.45) is 5.92 Å². The molecule has 0 saturated carbocycles. The Morgan fingerprint density at radius 2 is 1.71 bits per heavy atom. The van der Waals surface area contributed by atoms with Crippen LogP contribution in [0.4, 0.5) is 0 Å². The lowest BCUT2D eigenvalue weighted by atomic mass is 10.2. The third-order valence-corrected chi connectivity index (χ3v) is 5.84. The van der Waals surface area contributed by atoms with Crippen molar-refractivity contribution in [1.29, 1.82) is 0 Å². The number of nitrogens with zero attached hydrogens (tertiary/aromatic N) is 1. The van der Waals surface area contributed by atoms with Crippen molar-refractivity contribution >= 4 is 33.2 Å². The molecule has 7 heteroatoms. The van der Waals surface area contributed by atoms with E-state index in [2.05, 4.69) is 0 Å². The molecule has 0 bridgehead atoms. The minimum atomic E-state index is -3.74. The summed E-state index contributed by atoms with van der Waals surface area (Å²) in [7, 11) is -3.74. The summed E-state index contributed by atoms with van der Waals surface area (Å²) < 4.78 is 27.1. The van der Waals surface area contributed by atoms with Crippen molar-refractivity contribution in [2.45, 2.75) is 45.2 Å². The molecule has 0 atom stereocenters. The van der Waals surface area contributed by atoms with Crippen molar-refractivity contribution in [3.05, 3.63) is 27.7 Å². The van der Waals surface area contributed by atoms with Crippen LogP contribution in [-0.2, 0) is 16.6 Å². The first-order valence-electron chi connectivity index (χ1n) is 6.71. The lowest BCUT2D eigenvalue weighted by Gasteiger charge is -2.28. The van der Waals surface area contributed by atoms with E-state index in [0.29, 0.717) is 12.1 Å². The van der Waals surface area contributed by atoms with E-state index >= 15 is 0 Å². The second-order valence-electron chi connectivity index (χ2n) is 5.59. The quantitative estimate of drug-likeness (QED) is 0.850. The molecule has 1 aromatic carbocycles. The smallest absolute Gasteiger partial charge is 0.244 e. The van der Waals surface area contributed by atoms with Gasteiger partial charge in [0.2, 0.25) is 10.0 Å². The van der Waals surface area contributed by atoms with Crippen LogP contribution >= 0.6 is 23.2 Å². The summed E-state index contributed by atoms with van der Waals surface area (Å²) in [6.45, 7) is 7.59. The van der Waals surface area contributed by atoms with E-state index in [4.69, 9.17) is 23.2 Å². The van der Waals surface area contributed by atoms with Crippen molar-refractivity contribution in [2.75, 3.05) is 6.54 Å². The molecule has 0 saturated heterocycles. The van der Waals surface area contributed by atoms with Crippen LogP contribution in [0.3, 0.4) is 0 Å². The first kappa shape index (κ1) is 18.7. The van der Waals surface area contributed by atoms with Crippen LogP contribution in [0.25, 0.3) is 0 Å². The summed E-state index contributed by atoms with van der Waals surface area (Å²) >= 11 is 12.0. The van der Waals surface area contributed by atoms with Gasteiger partial charge < -0.3 is 5.11 Å². The van der Waals surface area contributed by atoms with Crippen LogP contribution in [0.2, 0.25) is 10.0 Å². The molecule has 0 aliphatic carbocycles. The molecule has 21 heavy (non-hydrogen) atoms. The van der Waals surface area contributed by atoms with Gasteiger partial charge in [0, 0.05) is 17.6 Å². The number of sulfonamides is 1. The van der Waals surface area contributed by atoms with E-state index in [0.717, 1.165) is 0 Å². The van der Waals surface area contributed by atoms with E-state index in [9.17, 15) is 13.5 Å². The highest BCUT2D eigenvalue weighted by Crippen LogP contribution is 2.31. The van der Waals surface area contributed by atoms with Gasteiger partial charge in [-0.2, -0.15) is 4.31 Å². The predicted molar refractivity (Wildman–Crippen MR) is 86.3 cm³/mol. The van der Waals surface area contributed by atoms with Crippen molar-refractivity contribution in [3.63, 3.8) is 0 Å². The molecule has 0 aromatic heterocycles. The van der Waals surface area contributed by atoms with E-state index in [-0.39, 0.29) is 33.5 Å². The van der Waals surface area contributed by atoms with Crippen LogP contribution < -0.4 is 0 Å². The standard InChI is InChI=1S/C14H21Cl2NO3S/c1-9(2)7-17(10(3)4)21(19,20)14-5-11(8-18)12(15)6-13(14)16/h5-6,9-10,18H,7-8H2,1-4H3. The number of aliphatic hydroxyl groups excluding tert-OH is 1. The normalized spacial score (nSPS) is 12.7. The number of hydrogen-bond donors (Lipinski definition) is 1. The van der Waals surface area contributed by atoms with Gasteiger partial charge in [0.25, 0.3) is 0 Å². The summed E-state index contributed by atoms with van der Waals surface area (Å²) in [6, 6.07) is 2.51. The third kappa shape index (κ3) is 4.33. The second-order valence-corrected chi connectivity index (χ2v) is 8.27. The maximum absolute atomic E-state index is 12.8. The molecule has 1 aromatic rings. The fourth-order valence-electron chi connectivity index (χ4n) is 1.96. The Balaban J connectivity index is 3.41. The van der Waals surface area contributed by atoms with Gasteiger partial charge in [0.15, 0.2) is 0 Å². The zero-order valence-corrected chi connectivity index (χ0v) is 14.9. The largest absolute Gasteiger partial charge is 0.392 e. The van der Waals surface area contributed by atoms with Gasteiger partial charge in [0.05, 0.1) is 11.6 Å². The molecule has 0 unspecified atom stereocenters. The maximum atomic E-state index is 12.8. The van der Waals surface area contributed by atoms with Gasteiger partial charge in [-0.1, -0.05) is 37.0 Å². The van der Waals surface area contributed by atoms with Gasteiger partial charge >= 0.3 is 0 Å². The van der Waals surface area contributed by atoms with Gasteiger partial charge in [-0.25, -0.2) is 8.42 Å². The van der Waals surface area contributed by atoms with Gasteiger partial charge in [-0.05, 0) is 37.5 Å². The minimum absolute atomic E-state index is 0.0213. The first-order valence-corrected chi connectivity index (χ1v) is 8.91. The molecule has 4 nitrogen and oxygen atoms in total. The fraction of sp³-hybridized carbons (Fsp3) is 0.571. The fourth-order valence-corrected chi connectivity index (χ4v) is 4.60. The SMILES string of the molecule is CC(C)CN(C(C)C)S(=O)(=O)c1cc(CO)c(Cl)cc1Cl. The van der Waals surface area contributed by atoms with Crippen molar-refractivity contribution in [3.8, 4) is 0 Å². The highest BCUT2D eigenvalue weighted by Gasteiger charge is 2.30. The van der Waals surface area contributed by atoms with Crippen molar-refractivity contribution < 1.29 is 13.5 Å². The lowest BCUT2D eigenvalue weighted by molar-refractivity contribution is 0.281. The van der Waals surface area contributed by atoms with Crippen LogP contribution in [-0.4, -0.2) is 30.4 Å². The molecule has 0 amide bonds. The van der Waals surface area contributed by atoms with Gasteiger partial charge in [-0.3, -0.25) is 0 Å². The number of hydrogen-bond acceptors (Lipinski definition) is 3. The molecule has 0 radical (unpaired) electrons. The summed E-state index contributed by atoms with van der Waals surface area (Å²) in [5, 5.41) is 9.57. The second kappa shape index (κ2) is 7.29. The topological polar surface area (TPSA) is 57.6 Å². The number of benzene rings is 1. The third-order valence-electron chi connectivity index (χ3n) is 2.98. The highest BCUT2D eigenvalue weighted by molar-refractivity contribution is 7.89. The summed E-state index contributed by atoms with van der Waals surface area (Å²) in [5.41, 5.74) is 0.341. The number of rotatable bonds is 6. The first-order chi connectivity index (χ1) is 9.61. The Morgan fingerprint density at radius 1 is 1.14 bits per heavy atom. The summed E-state index contributed by atoms with van der Waals surface area (Å²) in [5.74, 6) is 0.186. The molecular formula is C14H21Cl2NO3S. The van der Waals surface area contributed by atoms with Crippen LogP contribution in [0.5, 0.6) is 0 Å². The Hall–Kier alpha value is -0.330. The van der Waals surface area contributed by atoms with Crippen LogP contribution in [0.15, 0.2) is 17.0 Å². The van der Waals surface area contributed by atoms with Gasteiger partial charge in [-0.15, -0.1) is 0 Å². The highest BCUT2D eigenvalue weighted by atomic mass is 35.5. The molecule has 0 heterocycles. The van der Waals surface area contributed by atoms with Crippen LogP contribution in [0, 0.1) is 5.92 Å². The van der Waals surface area contributed by atoms with Crippen molar-refractivity contribution in [1.82, 2.24) is 4.31 Å². The average molecular weight is 354 g/mol. The van der Waals surface area contributed by atoms with Gasteiger partial charge in [0.1, 0.15) is 4.90 Å². The Morgan fingerprint density at radius 3 is 2.14 bits per heavy atom. The van der Waals surface area contributed by atoms with E-state index in [1.54, 1.807) is 0 Å². The van der Waals surface area contributed by atoms with E-state index in [1.807, 2.05) is 27.7 Å².